The lowest BCUT2D eigenvalue weighted by atomic mass is 9.86. The number of carbonyl (C=O) groups excluding carboxylic acids is 2. The van der Waals surface area contributed by atoms with Crippen LogP contribution in [0.2, 0.25) is 0 Å². The maximum Gasteiger partial charge on any atom is 0.331 e. The molecular formula is C23H30N2O4. The highest BCUT2D eigenvalue weighted by Gasteiger charge is 2.23. The number of nitrogens with zero attached hydrogens (tertiary/aromatic N) is 1. The van der Waals surface area contributed by atoms with E-state index in [1.807, 2.05) is 32.0 Å². The summed E-state index contributed by atoms with van der Waals surface area (Å²) in [6.45, 7) is 6.57. The lowest BCUT2D eigenvalue weighted by molar-refractivity contribution is -0.144. The Morgan fingerprint density at radius 2 is 2.10 bits per heavy atom. The van der Waals surface area contributed by atoms with Crippen molar-refractivity contribution >= 4 is 18.0 Å². The van der Waals surface area contributed by atoms with Crippen LogP contribution in [0.1, 0.15) is 55.3 Å². The van der Waals surface area contributed by atoms with Gasteiger partial charge < -0.3 is 19.0 Å². The molecule has 0 aromatic carbocycles. The van der Waals surface area contributed by atoms with Gasteiger partial charge in [-0.05, 0) is 62.4 Å². The molecule has 0 radical (unpaired) electrons. The number of esters is 1. The first-order chi connectivity index (χ1) is 13.9. The molecule has 2 aromatic rings. The topological polar surface area (TPSA) is 73.5 Å². The molecule has 0 bridgehead atoms. The van der Waals surface area contributed by atoms with Gasteiger partial charge in [0.25, 0.3) is 5.91 Å². The van der Waals surface area contributed by atoms with Gasteiger partial charge in [-0.2, -0.15) is 0 Å². The minimum atomic E-state index is -0.521. The molecule has 0 saturated heterocycles. The summed E-state index contributed by atoms with van der Waals surface area (Å²) in [5, 5.41) is 2.99. The maximum absolute atomic E-state index is 12.1. The van der Waals surface area contributed by atoms with Crippen LogP contribution in [0.5, 0.6) is 0 Å². The SMILES string of the molecule is Cc1cc(/C=C/C(=O)OCC(=O)N[C@H]2CCCC[C@@H]2C)c(C)n1Cc1ccco1. The van der Waals surface area contributed by atoms with Gasteiger partial charge in [0.1, 0.15) is 5.76 Å². The van der Waals surface area contributed by atoms with Gasteiger partial charge in [-0.15, -0.1) is 0 Å². The fourth-order valence-corrected chi connectivity index (χ4v) is 3.92. The molecule has 2 heterocycles. The quantitative estimate of drug-likeness (QED) is 0.565. The monoisotopic (exact) mass is 398 g/mol. The summed E-state index contributed by atoms with van der Waals surface area (Å²) in [7, 11) is 0. The fourth-order valence-electron chi connectivity index (χ4n) is 3.92. The molecular weight excluding hydrogens is 368 g/mol. The summed E-state index contributed by atoms with van der Waals surface area (Å²) in [4.78, 5) is 24.1. The number of aryl methyl sites for hydroxylation is 1. The van der Waals surface area contributed by atoms with Crippen LogP contribution in [-0.4, -0.2) is 29.1 Å². The second-order valence-corrected chi connectivity index (χ2v) is 7.87. The summed E-state index contributed by atoms with van der Waals surface area (Å²) in [6, 6.07) is 6.00. The number of nitrogens with one attached hydrogen (secondary N) is 1. The van der Waals surface area contributed by atoms with Gasteiger partial charge in [-0.1, -0.05) is 19.8 Å². The molecule has 0 unspecified atom stereocenters. The van der Waals surface area contributed by atoms with Crippen molar-refractivity contribution in [3.8, 4) is 0 Å². The normalized spacial score (nSPS) is 19.4. The van der Waals surface area contributed by atoms with E-state index in [9.17, 15) is 9.59 Å². The third-order valence-electron chi connectivity index (χ3n) is 5.71. The molecule has 29 heavy (non-hydrogen) atoms. The predicted octanol–water partition coefficient (Wildman–Crippen LogP) is 4.00. The molecule has 1 aliphatic rings. The number of furan rings is 1. The number of hydrogen-bond donors (Lipinski definition) is 1. The van der Waals surface area contributed by atoms with Gasteiger partial charge in [-0.3, -0.25) is 4.79 Å². The zero-order chi connectivity index (χ0) is 20.8. The molecule has 1 aliphatic carbocycles. The van der Waals surface area contributed by atoms with E-state index in [1.165, 1.54) is 12.5 Å². The van der Waals surface area contributed by atoms with Crippen molar-refractivity contribution in [1.29, 1.82) is 0 Å². The number of carbonyl (C=O) groups is 2. The fraction of sp³-hybridized carbons (Fsp3) is 0.478. The summed E-state index contributed by atoms with van der Waals surface area (Å²) in [5.74, 6) is 0.592. The summed E-state index contributed by atoms with van der Waals surface area (Å²) >= 11 is 0. The molecule has 1 amide bonds. The van der Waals surface area contributed by atoms with Crippen LogP contribution in [-0.2, 0) is 20.9 Å². The van der Waals surface area contributed by atoms with Crippen molar-refractivity contribution in [2.75, 3.05) is 6.61 Å². The highest BCUT2D eigenvalue weighted by molar-refractivity contribution is 5.89. The molecule has 2 aromatic heterocycles. The first kappa shape index (κ1) is 21.0. The molecule has 156 valence electrons. The number of rotatable bonds is 7. The Morgan fingerprint density at radius 3 is 2.83 bits per heavy atom. The summed E-state index contributed by atoms with van der Waals surface area (Å²) in [6.07, 6.45) is 9.23. The van der Waals surface area contributed by atoms with E-state index in [0.29, 0.717) is 12.5 Å². The van der Waals surface area contributed by atoms with E-state index in [4.69, 9.17) is 9.15 Å². The Morgan fingerprint density at radius 1 is 1.31 bits per heavy atom. The van der Waals surface area contributed by atoms with E-state index in [1.54, 1.807) is 12.3 Å². The molecule has 0 spiro atoms. The van der Waals surface area contributed by atoms with E-state index in [2.05, 4.69) is 16.8 Å². The number of aromatic nitrogens is 1. The van der Waals surface area contributed by atoms with Crippen LogP contribution in [0.15, 0.2) is 35.0 Å². The molecule has 1 fully saturated rings. The minimum absolute atomic E-state index is 0.185. The van der Waals surface area contributed by atoms with Crippen LogP contribution < -0.4 is 5.32 Å². The molecule has 2 atom stereocenters. The molecule has 0 aliphatic heterocycles. The highest BCUT2D eigenvalue weighted by atomic mass is 16.5. The molecule has 6 heteroatoms. The van der Waals surface area contributed by atoms with Crippen molar-refractivity contribution < 1.29 is 18.7 Å². The lowest BCUT2D eigenvalue weighted by Crippen LogP contribution is -2.42. The van der Waals surface area contributed by atoms with Crippen LogP contribution in [0.3, 0.4) is 0 Å². The second kappa shape index (κ2) is 9.63. The third kappa shape index (κ3) is 5.62. The van der Waals surface area contributed by atoms with Crippen LogP contribution in [0.4, 0.5) is 0 Å². The third-order valence-corrected chi connectivity index (χ3v) is 5.71. The molecule has 3 rings (SSSR count). The number of ether oxygens (including phenoxy) is 1. The number of amides is 1. The van der Waals surface area contributed by atoms with Gasteiger partial charge in [0.15, 0.2) is 6.61 Å². The summed E-state index contributed by atoms with van der Waals surface area (Å²) < 4.78 is 12.7. The second-order valence-electron chi connectivity index (χ2n) is 7.87. The average molecular weight is 399 g/mol. The zero-order valence-corrected chi connectivity index (χ0v) is 17.4. The van der Waals surface area contributed by atoms with Gasteiger partial charge in [-0.25, -0.2) is 4.79 Å². The van der Waals surface area contributed by atoms with Crippen molar-refractivity contribution in [3.05, 3.63) is 53.2 Å². The summed E-state index contributed by atoms with van der Waals surface area (Å²) in [5.41, 5.74) is 3.05. The molecule has 1 N–H and O–H groups in total. The Balaban J connectivity index is 1.50. The van der Waals surface area contributed by atoms with Crippen molar-refractivity contribution in [1.82, 2.24) is 9.88 Å². The maximum atomic E-state index is 12.1. The van der Waals surface area contributed by atoms with Crippen LogP contribution >= 0.6 is 0 Å². The minimum Gasteiger partial charge on any atom is -0.467 e. The first-order valence-electron chi connectivity index (χ1n) is 10.3. The molecule has 6 nitrogen and oxygen atoms in total. The largest absolute Gasteiger partial charge is 0.467 e. The Labute approximate surface area is 171 Å². The first-order valence-corrected chi connectivity index (χ1v) is 10.3. The van der Waals surface area contributed by atoms with Crippen molar-refractivity contribution in [3.63, 3.8) is 0 Å². The van der Waals surface area contributed by atoms with Gasteiger partial charge in [0.05, 0.1) is 12.8 Å². The molecule has 1 saturated carbocycles. The van der Waals surface area contributed by atoms with E-state index < -0.39 is 5.97 Å². The van der Waals surface area contributed by atoms with Gasteiger partial charge in [0.2, 0.25) is 0 Å². The van der Waals surface area contributed by atoms with Crippen LogP contribution in [0, 0.1) is 19.8 Å². The average Bonchev–Trinajstić information content (AvgIpc) is 3.30. The van der Waals surface area contributed by atoms with Gasteiger partial charge >= 0.3 is 5.97 Å². The standard InChI is InChI=1S/C23H30N2O4/c1-16-7-4-5-9-21(16)24-22(26)15-29-23(27)11-10-19-13-17(2)25(18(19)3)14-20-8-6-12-28-20/h6,8,10-13,16,21H,4-5,7,9,14-15H2,1-3H3,(H,24,26)/b11-10+/t16-,21-/m0/s1. The van der Waals surface area contributed by atoms with Gasteiger partial charge in [0, 0.05) is 23.5 Å². The van der Waals surface area contributed by atoms with E-state index in [0.717, 1.165) is 42.0 Å². The smallest absolute Gasteiger partial charge is 0.331 e. The van der Waals surface area contributed by atoms with Crippen molar-refractivity contribution in [2.24, 2.45) is 5.92 Å². The van der Waals surface area contributed by atoms with Crippen LogP contribution in [0.25, 0.3) is 6.08 Å². The Bertz CT molecular complexity index is 864. The van der Waals surface area contributed by atoms with Crippen molar-refractivity contribution in [2.45, 2.75) is 59.0 Å². The zero-order valence-electron chi connectivity index (χ0n) is 17.4. The Hall–Kier alpha value is -2.76. The Kier molecular flexibility index (Phi) is 6.96. The lowest BCUT2D eigenvalue weighted by Gasteiger charge is -2.29. The number of hydrogen-bond acceptors (Lipinski definition) is 4. The van der Waals surface area contributed by atoms with E-state index in [-0.39, 0.29) is 18.6 Å². The predicted molar refractivity (Wildman–Crippen MR) is 111 cm³/mol. The highest BCUT2D eigenvalue weighted by Crippen LogP contribution is 2.23. The van der Waals surface area contributed by atoms with E-state index >= 15 is 0 Å².